The maximum Gasteiger partial charge on any atom is 0.0990 e. The third kappa shape index (κ3) is 1.84. The molecule has 0 aliphatic heterocycles. The predicted molar refractivity (Wildman–Crippen MR) is 46.6 cm³/mol. The number of aromatic nitrogens is 2. The molecule has 0 amide bonds. The van der Waals surface area contributed by atoms with E-state index >= 15 is 0 Å². The minimum Gasteiger partial charge on any atom is -0.387 e. The molecular weight excluding hydrogens is 154 g/mol. The minimum atomic E-state index is -0.519. The van der Waals surface area contributed by atoms with Crippen LogP contribution in [-0.2, 0) is 7.05 Å². The summed E-state index contributed by atoms with van der Waals surface area (Å²) in [4.78, 5) is 0. The van der Waals surface area contributed by atoms with Crippen LogP contribution in [0, 0.1) is 6.92 Å². The van der Waals surface area contributed by atoms with Crippen LogP contribution in [0.5, 0.6) is 0 Å². The molecule has 0 saturated carbocycles. The Labute approximate surface area is 72.0 Å². The van der Waals surface area contributed by atoms with Gasteiger partial charge in [-0.1, -0.05) is 0 Å². The van der Waals surface area contributed by atoms with Gasteiger partial charge in [-0.3, -0.25) is 4.68 Å². The molecular formula is C8H15N3O. The van der Waals surface area contributed by atoms with Crippen molar-refractivity contribution >= 4 is 0 Å². The molecule has 4 heteroatoms. The van der Waals surface area contributed by atoms with Gasteiger partial charge in [0.1, 0.15) is 0 Å². The molecule has 0 aliphatic carbocycles. The Bertz CT molecular complexity index is 237. The van der Waals surface area contributed by atoms with Crippen LogP contribution >= 0.6 is 0 Å². The third-order valence-corrected chi connectivity index (χ3v) is 1.91. The van der Waals surface area contributed by atoms with Gasteiger partial charge in [0.05, 0.1) is 11.8 Å². The largest absolute Gasteiger partial charge is 0.387 e. The molecule has 1 atom stereocenters. The van der Waals surface area contributed by atoms with Crippen molar-refractivity contribution in [3.05, 3.63) is 17.5 Å². The van der Waals surface area contributed by atoms with Crippen molar-refractivity contribution in [1.29, 1.82) is 0 Å². The summed E-state index contributed by atoms with van der Waals surface area (Å²) in [5.74, 6) is 0. The summed E-state index contributed by atoms with van der Waals surface area (Å²) in [5, 5.41) is 13.6. The molecule has 0 spiro atoms. The Morgan fingerprint density at radius 3 is 2.83 bits per heavy atom. The van der Waals surface area contributed by atoms with Gasteiger partial charge < -0.3 is 10.8 Å². The fraction of sp³-hybridized carbons (Fsp3) is 0.625. The predicted octanol–water partition coefficient (Wildman–Crippen LogP) is 0.111. The molecule has 0 fully saturated rings. The molecule has 12 heavy (non-hydrogen) atoms. The summed E-state index contributed by atoms with van der Waals surface area (Å²) in [6.45, 7) is 2.43. The first-order valence-corrected chi connectivity index (χ1v) is 4.04. The quantitative estimate of drug-likeness (QED) is 0.675. The van der Waals surface area contributed by atoms with E-state index in [2.05, 4.69) is 5.10 Å². The molecule has 0 aliphatic rings. The Balaban J connectivity index is 2.74. The molecule has 3 N–H and O–H groups in total. The number of aliphatic hydroxyl groups excluding tert-OH is 1. The van der Waals surface area contributed by atoms with Crippen molar-refractivity contribution in [1.82, 2.24) is 9.78 Å². The molecule has 0 bridgehead atoms. The van der Waals surface area contributed by atoms with Gasteiger partial charge in [-0.2, -0.15) is 5.10 Å². The van der Waals surface area contributed by atoms with E-state index in [1.54, 1.807) is 4.68 Å². The fourth-order valence-corrected chi connectivity index (χ4v) is 1.06. The topological polar surface area (TPSA) is 64.1 Å². The molecule has 1 aromatic heterocycles. The number of hydrogen-bond donors (Lipinski definition) is 2. The molecule has 0 unspecified atom stereocenters. The lowest BCUT2D eigenvalue weighted by Crippen LogP contribution is -2.07. The molecule has 0 saturated heterocycles. The smallest absolute Gasteiger partial charge is 0.0990 e. The molecule has 1 rings (SSSR count). The lowest BCUT2D eigenvalue weighted by Gasteiger charge is -2.03. The summed E-state index contributed by atoms with van der Waals surface area (Å²) in [6.07, 6.45) is 0.0473. The molecule has 0 aromatic carbocycles. The second kappa shape index (κ2) is 3.69. The van der Waals surface area contributed by atoms with E-state index in [4.69, 9.17) is 5.73 Å². The number of nitrogens with two attached hydrogens (primary N) is 1. The van der Waals surface area contributed by atoms with Crippen LogP contribution in [0.4, 0.5) is 0 Å². The van der Waals surface area contributed by atoms with Gasteiger partial charge in [-0.25, -0.2) is 0 Å². The van der Waals surface area contributed by atoms with Crippen molar-refractivity contribution in [2.45, 2.75) is 19.4 Å². The minimum absolute atomic E-state index is 0.483. The summed E-state index contributed by atoms with van der Waals surface area (Å²) in [5.41, 5.74) is 7.07. The van der Waals surface area contributed by atoms with Crippen molar-refractivity contribution in [3.63, 3.8) is 0 Å². The highest BCUT2D eigenvalue weighted by molar-refractivity contribution is 5.10. The van der Waals surface area contributed by atoms with Gasteiger partial charge in [0, 0.05) is 12.7 Å². The van der Waals surface area contributed by atoms with Crippen molar-refractivity contribution in [3.8, 4) is 0 Å². The Hall–Kier alpha value is -0.870. The van der Waals surface area contributed by atoms with Crippen molar-refractivity contribution in [2.75, 3.05) is 6.54 Å². The van der Waals surface area contributed by atoms with Crippen LogP contribution in [0.15, 0.2) is 6.07 Å². The van der Waals surface area contributed by atoms with Crippen molar-refractivity contribution in [2.24, 2.45) is 12.8 Å². The van der Waals surface area contributed by atoms with Gasteiger partial charge in [-0.05, 0) is 26.0 Å². The van der Waals surface area contributed by atoms with E-state index < -0.39 is 6.10 Å². The average molecular weight is 169 g/mol. The van der Waals surface area contributed by atoms with Crippen LogP contribution in [0.1, 0.15) is 23.9 Å². The third-order valence-electron chi connectivity index (χ3n) is 1.91. The van der Waals surface area contributed by atoms with E-state index in [0.717, 1.165) is 5.69 Å². The fourth-order valence-electron chi connectivity index (χ4n) is 1.06. The van der Waals surface area contributed by atoms with E-state index in [0.29, 0.717) is 18.7 Å². The summed E-state index contributed by atoms with van der Waals surface area (Å²) < 4.78 is 1.75. The lowest BCUT2D eigenvalue weighted by molar-refractivity contribution is 0.165. The maximum atomic E-state index is 9.50. The van der Waals surface area contributed by atoms with Gasteiger partial charge in [-0.15, -0.1) is 0 Å². The zero-order valence-electron chi connectivity index (χ0n) is 7.49. The zero-order valence-corrected chi connectivity index (χ0v) is 7.49. The lowest BCUT2D eigenvalue weighted by atomic mass is 10.2. The molecule has 0 radical (unpaired) electrons. The van der Waals surface area contributed by atoms with Crippen LogP contribution < -0.4 is 5.73 Å². The number of aliphatic hydroxyl groups is 1. The normalized spacial score (nSPS) is 13.3. The summed E-state index contributed by atoms with van der Waals surface area (Å²) in [7, 11) is 1.86. The van der Waals surface area contributed by atoms with E-state index in [1.807, 2.05) is 20.0 Å². The monoisotopic (exact) mass is 169 g/mol. The van der Waals surface area contributed by atoms with Gasteiger partial charge in [0.25, 0.3) is 0 Å². The van der Waals surface area contributed by atoms with Crippen LogP contribution in [0.25, 0.3) is 0 Å². The maximum absolute atomic E-state index is 9.50. The summed E-state index contributed by atoms with van der Waals surface area (Å²) >= 11 is 0. The first kappa shape index (κ1) is 9.22. The van der Waals surface area contributed by atoms with E-state index in [-0.39, 0.29) is 0 Å². The second-order valence-electron chi connectivity index (χ2n) is 2.93. The molecule has 1 aromatic rings. The van der Waals surface area contributed by atoms with E-state index in [1.165, 1.54) is 0 Å². The highest BCUT2D eigenvalue weighted by Crippen LogP contribution is 2.14. The zero-order chi connectivity index (χ0) is 9.14. The number of hydrogen-bond acceptors (Lipinski definition) is 3. The van der Waals surface area contributed by atoms with E-state index in [9.17, 15) is 5.11 Å². The Morgan fingerprint density at radius 2 is 2.42 bits per heavy atom. The average Bonchev–Trinajstić information content (AvgIpc) is 2.33. The first-order valence-electron chi connectivity index (χ1n) is 4.04. The Kier molecular flexibility index (Phi) is 2.83. The standard InChI is InChI=1S/C8H15N3O/c1-6-5-7(10-11(6)2)8(12)3-4-9/h5,8,12H,3-4,9H2,1-2H3/t8-/m0/s1. The van der Waals surface area contributed by atoms with Gasteiger partial charge in [0.2, 0.25) is 0 Å². The van der Waals surface area contributed by atoms with Gasteiger partial charge >= 0.3 is 0 Å². The molecule has 4 nitrogen and oxygen atoms in total. The number of rotatable bonds is 3. The van der Waals surface area contributed by atoms with Crippen LogP contribution in [-0.4, -0.2) is 21.4 Å². The highest BCUT2D eigenvalue weighted by Gasteiger charge is 2.10. The van der Waals surface area contributed by atoms with Gasteiger partial charge in [0.15, 0.2) is 0 Å². The van der Waals surface area contributed by atoms with Crippen LogP contribution in [0.3, 0.4) is 0 Å². The SMILES string of the molecule is Cc1cc([C@@H](O)CCN)nn1C. The second-order valence-corrected chi connectivity index (χ2v) is 2.93. The number of nitrogens with zero attached hydrogens (tertiary/aromatic N) is 2. The molecule has 1 heterocycles. The van der Waals surface area contributed by atoms with Crippen molar-refractivity contribution < 1.29 is 5.11 Å². The summed E-state index contributed by atoms with van der Waals surface area (Å²) in [6, 6.07) is 1.88. The van der Waals surface area contributed by atoms with Crippen LogP contribution in [0.2, 0.25) is 0 Å². The highest BCUT2D eigenvalue weighted by atomic mass is 16.3. The Morgan fingerprint density at radius 1 is 1.75 bits per heavy atom. The number of aryl methyl sites for hydroxylation is 2. The molecule has 68 valence electrons. The first-order chi connectivity index (χ1) is 5.65.